The molecule has 0 atom stereocenters. The molecule has 0 heterocycles. The Kier molecular flexibility index (Phi) is 17.8. The first-order valence-electron chi connectivity index (χ1n) is 38.6. The summed E-state index contributed by atoms with van der Waals surface area (Å²) in [7, 11) is 1.74. The summed E-state index contributed by atoms with van der Waals surface area (Å²) >= 11 is 0. The lowest BCUT2D eigenvalue weighted by molar-refractivity contribution is 0.415. The van der Waals surface area contributed by atoms with Gasteiger partial charge in [-0.15, -0.1) is 0 Å². The van der Waals surface area contributed by atoms with Gasteiger partial charge in [-0.3, -0.25) is 0 Å². The average Bonchev–Trinajstić information content (AvgIpc) is 0.734. The average molecular weight is 1420 g/mol. The Morgan fingerprint density at radius 3 is 0.910 bits per heavy atom. The maximum atomic E-state index is 5.73. The van der Waals surface area contributed by atoms with E-state index in [1.54, 1.807) is 7.11 Å². The number of hydrogen-bond donors (Lipinski definition) is 0. The van der Waals surface area contributed by atoms with Gasteiger partial charge in [-0.25, -0.2) is 0 Å². The molecule has 0 saturated heterocycles. The smallest absolute Gasteiger partial charge is 0.119 e. The van der Waals surface area contributed by atoms with Gasteiger partial charge in [0, 0.05) is 0 Å². The molecule has 0 amide bonds. The molecule has 1 heteroatoms. The second-order valence-electron chi connectivity index (χ2n) is 29.4. The molecule has 1 nitrogen and oxygen atoms in total. The van der Waals surface area contributed by atoms with E-state index in [0.717, 1.165) is 5.75 Å². The van der Waals surface area contributed by atoms with Crippen molar-refractivity contribution < 1.29 is 4.74 Å². The molecule has 0 N–H and O–H groups in total. The van der Waals surface area contributed by atoms with Crippen molar-refractivity contribution >= 4 is 108 Å². The van der Waals surface area contributed by atoms with Gasteiger partial charge < -0.3 is 4.74 Å². The van der Waals surface area contributed by atoms with Crippen molar-refractivity contribution in [2.75, 3.05) is 7.11 Å². The Morgan fingerprint density at radius 2 is 0.468 bits per heavy atom. The molecule has 0 aliphatic rings. The number of benzene rings is 21. The quantitative estimate of drug-likeness (QED) is 0.124. The highest BCUT2D eigenvalue weighted by atomic mass is 16.5. The van der Waals surface area contributed by atoms with Gasteiger partial charge in [-0.1, -0.05) is 390 Å². The molecule has 0 spiro atoms. The van der Waals surface area contributed by atoms with Crippen LogP contribution < -0.4 is 4.74 Å². The lowest BCUT2D eigenvalue weighted by Gasteiger charge is -2.20. The molecule has 0 unspecified atom stereocenters. The van der Waals surface area contributed by atoms with Crippen LogP contribution in [-0.2, 0) is 0 Å². The molecule has 0 aliphatic carbocycles. The Balaban J connectivity index is 0.000000112. The largest absolute Gasteiger partial charge is 0.497 e. The van der Waals surface area contributed by atoms with Crippen LogP contribution in [0.5, 0.6) is 5.75 Å². The number of ether oxygens (including phenoxy) is 1. The van der Waals surface area contributed by atoms with Gasteiger partial charge in [-0.2, -0.15) is 0 Å². The van der Waals surface area contributed by atoms with Crippen LogP contribution in [-0.4, -0.2) is 7.11 Å². The summed E-state index contributed by atoms with van der Waals surface area (Å²) in [5, 5.41) is 25.4. The normalized spacial score (nSPS) is 11.5. The molecular weight excluding hydrogens is 1340 g/mol. The van der Waals surface area contributed by atoms with Crippen molar-refractivity contribution in [1.29, 1.82) is 0 Å². The molecule has 21 aromatic rings. The van der Waals surface area contributed by atoms with Gasteiger partial charge in [0.05, 0.1) is 7.11 Å². The SMILES string of the molecule is CC(C)c1ccc2c(-c3ccc4ccccc4c3)c3ccccc3c(-c3ccc4ccccc4c3)c2c1.COc1ccc2c(-c3cccc4ccccc34)c3ccccc3c(-c3cccc4ccccc34)c2c1.c1ccc(-c2ccc3c(-c4ccccc4)c4cc(-c5ccccc5)ccc4c(-c4ccccc4)c3c2)cc1. The Labute approximate surface area is 647 Å². The standard InChI is InChI=1S/C38H26.C37H28.C35H24O/c1-5-13-27(14-6-1)31-21-23-33-35(25-31)37(29-17-9-3-10-18-29)34-24-22-32(28-15-7-2-8-16-28)26-36(34)38(33)30-19-11-4-12-20-30;1-24(2)27-19-20-34-35(23-27)37(31-18-16-26-10-4-6-12-29(26)22-31)33-14-8-7-13-32(33)36(34)30-17-15-25-9-3-5-11-28(25)21-30;1-36-25-20-21-32-33(22-25)35(29-19-9-13-24-11-3-5-15-27(24)29)31-17-7-6-16-30(31)34(32)28-18-8-12-23-10-2-4-14-26(23)28/h1-26H;3-24H,1-2H3;2-22H,1H3. The number of hydrogen-bond acceptors (Lipinski definition) is 1. The van der Waals surface area contributed by atoms with Crippen LogP contribution in [0.25, 0.3) is 197 Å². The fraction of sp³-hybridized carbons (Fsp3) is 0.0364. The molecule has 0 bridgehead atoms. The van der Waals surface area contributed by atoms with Crippen LogP contribution in [0.3, 0.4) is 0 Å². The van der Waals surface area contributed by atoms with Crippen molar-refractivity contribution in [1.82, 2.24) is 0 Å². The first-order chi connectivity index (χ1) is 54.9. The lowest BCUT2D eigenvalue weighted by atomic mass is 9.83. The Bertz CT molecular complexity index is 6970. The number of methoxy groups -OCH3 is 1. The first-order valence-corrected chi connectivity index (χ1v) is 38.6. The molecule has 21 aromatic carbocycles. The lowest BCUT2D eigenvalue weighted by Crippen LogP contribution is -1.94. The van der Waals surface area contributed by atoms with Crippen LogP contribution in [0.2, 0.25) is 0 Å². The van der Waals surface area contributed by atoms with Crippen molar-refractivity contribution in [3.63, 3.8) is 0 Å². The third kappa shape index (κ3) is 12.6. The molecule has 0 aliphatic heterocycles. The summed E-state index contributed by atoms with van der Waals surface area (Å²) in [5.74, 6) is 1.33. The summed E-state index contributed by atoms with van der Waals surface area (Å²) < 4.78 is 5.73. The van der Waals surface area contributed by atoms with Gasteiger partial charge in [0.15, 0.2) is 0 Å². The first kappa shape index (κ1) is 67.6. The van der Waals surface area contributed by atoms with Gasteiger partial charge in [0.25, 0.3) is 0 Å². The number of rotatable bonds is 10. The molecule has 0 radical (unpaired) electrons. The van der Waals surface area contributed by atoms with Crippen molar-refractivity contribution in [2.45, 2.75) is 19.8 Å². The molecule has 0 aromatic heterocycles. The second kappa shape index (κ2) is 29.3. The second-order valence-corrected chi connectivity index (χ2v) is 29.4. The zero-order valence-electron chi connectivity index (χ0n) is 62.2. The maximum Gasteiger partial charge on any atom is 0.119 e. The van der Waals surface area contributed by atoms with Crippen molar-refractivity contribution in [3.05, 3.63) is 418 Å². The molecule has 0 saturated carbocycles. The summed E-state index contributed by atoms with van der Waals surface area (Å²) in [6.45, 7) is 4.56. The molecular formula is C110H78O. The maximum absolute atomic E-state index is 5.73. The minimum Gasteiger partial charge on any atom is -0.497 e. The summed E-state index contributed by atoms with van der Waals surface area (Å²) in [5.41, 5.74) is 21.5. The molecule has 111 heavy (non-hydrogen) atoms. The fourth-order valence-electron chi connectivity index (χ4n) is 17.3. The van der Waals surface area contributed by atoms with E-state index in [1.165, 1.54) is 202 Å². The number of fused-ring (bicyclic) bond motifs is 10. The Morgan fingerprint density at radius 1 is 0.171 bits per heavy atom. The zero-order chi connectivity index (χ0) is 74.3. The van der Waals surface area contributed by atoms with Crippen LogP contribution in [0.15, 0.2) is 413 Å². The van der Waals surface area contributed by atoms with E-state index in [9.17, 15) is 0 Å². The van der Waals surface area contributed by atoms with Crippen LogP contribution in [0.1, 0.15) is 25.3 Å². The zero-order valence-corrected chi connectivity index (χ0v) is 62.2. The highest BCUT2D eigenvalue weighted by molar-refractivity contribution is 6.27. The molecule has 21 rings (SSSR count). The van der Waals surface area contributed by atoms with Gasteiger partial charge in [-0.05, 0) is 245 Å². The van der Waals surface area contributed by atoms with Crippen LogP contribution >= 0.6 is 0 Å². The van der Waals surface area contributed by atoms with Gasteiger partial charge >= 0.3 is 0 Å². The van der Waals surface area contributed by atoms with E-state index >= 15 is 0 Å². The Hall–Kier alpha value is -14.0. The van der Waals surface area contributed by atoms with E-state index in [0.29, 0.717) is 5.92 Å². The van der Waals surface area contributed by atoms with Gasteiger partial charge in [0.2, 0.25) is 0 Å². The van der Waals surface area contributed by atoms with Crippen molar-refractivity contribution in [2.24, 2.45) is 0 Å². The highest BCUT2D eigenvalue weighted by Crippen LogP contribution is 2.51. The monoisotopic (exact) mass is 1410 g/mol. The third-order valence-electron chi connectivity index (χ3n) is 22.6. The van der Waals surface area contributed by atoms with E-state index in [4.69, 9.17) is 4.74 Å². The minimum absolute atomic E-state index is 0.462. The summed E-state index contributed by atoms with van der Waals surface area (Å²) in [6.07, 6.45) is 0. The summed E-state index contributed by atoms with van der Waals surface area (Å²) in [4.78, 5) is 0. The topological polar surface area (TPSA) is 9.23 Å². The molecule has 0 fully saturated rings. The van der Waals surface area contributed by atoms with Crippen molar-refractivity contribution in [3.8, 4) is 94.8 Å². The van der Waals surface area contributed by atoms with Crippen LogP contribution in [0.4, 0.5) is 0 Å². The highest BCUT2D eigenvalue weighted by Gasteiger charge is 2.23. The van der Waals surface area contributed by atoms with Crippen LogP contribution in [0, 0.1) is 0 Å². The third-order valence-corrected chi connectivity index (χ3v) is 22.6. The summed E-state index contributed by atoms with van der Waals surface area (Å²) in [6, 6.07) is 150. The predicted molar refractivity (Wildman–Crippen MR) is 479 cm³/mol. The van der Waals surface area contributed by atoms with E-state index in [2.05, 4.69) is 426 Å². The van der Waals surface area contributed by atoms with E-state index in [1.807, 2.05) is 0 Å². The minimum atomic E-state index is 0.462. The fourth-order valence-corrected chi connectivity index (χ4v) is 17.3. The van der Waals surface area contributed by atoms with E-state index in [-0.39, 0.29) is 0 Å². The molecule has 524 valence electrons. The van der Waals surface area contributed by atoms with Gasteiger partial charge in [0.1, 0.15) is 5.75 Å². The van der Waals surface area contributed by atoms with E-state index < -0.39 is 0 Å². The predicted octanol–water partition coefficient (Wildman–Crippen LogP) is 31.1.